The number of hydrogen-bond donors (Lipinski definition) is 1. The van der Waals surface area contributed by atoms with Crippen LogP contribution in [0.25, 0.3) is 0 Å². The van der Waals surface area contributed by atoms with Crippen LogP contribution in [0.15, 0.2) is 18.2 Å². The Hall–Kier alpha value is -1.87. The molecule has 0 radical (unpaired) electrons. The van der Waals surface area contributed by atoms with Crippen molar-refractivity contribution >= 4 is 21.5 Å². The molecule has 1 aliphatic heterocycles. The van der Waals surface area contributed by atoms with Gasteiger partial charge < -0.3 is 10.1 Å². The Labute approximate surface area is 109 Å². The number of benzene rings is 1. The van der Waals surface area contributed by atoms with Gasteiger partial charge in [-0.15, -0.1) is 0 Å². The van der Waals surface area contributed by atoms with Gasteiger partial charge >= 0.3 is 0 Å². The van der Waals surface area contributed by atoms with Crippen LogP contribution in [0.1, 0.15) is 0 Å². The maximum atomic E-state index is 10.9. The molecule has 1 unspecified atom stereocenters. The standard InChI is InChI=1S/C10H12N2O6S/c1-19(15,16)17-6-8-5-11-9-4-7(12(13)14)2-3-10(9)18-8/h2-4,8,11H,5-6H2,1H3. The fourth-order valence-corrected chi connectivity index (χ4v) is 2.01. The van der Waals surface area contributed by atoms with Crippen LogP contribution >= 0.6 is 0 Å². The van der Waals surface area contributed by atoms with E-state index < -0.39 is 21.1 Å². The molecule has 9 heteroatoms. The van der Waals surface area contributed by atoms with Crippen molar-refractivity contribution in [3.63, 3.8) is 0 Å². The second-order valence-electron chi connectivity index (χ2n) is 4.05. The van der Waals surface area contributed by atoms with Crippen LogP contribution in [0, 0.1) is 10.1 Å². The smallest absolute Gasteiger partial charge is 0.271 e. The molecule has 0 amide bonds. The number of hydrogen-bond acceptors (Lipinski definition) is 7. The number of ether oxygens (including phenoxy) is 1. The third kappa shape index (κ3) is 3.55. The predicted octanol–water partition coefficient (Wildman–Crippen LogP) is 0.744. The van der Waals surface area contributed by atoms with Gasteiger partial charge in [-0.1, -0.05) is 0 Å². The van der Waals surface area contributed by atoms with E-state index in [2.05, 4.69) is 9.50 Å². The summed E-state index contributed by atoms with van der Waals surface area (Å²) in [6, 6.07) is 4.15. The monoisotopic (exact) mass is 288 g/mol. The average Bonchev–Trinajstić information content (AvgIpc) is 2.34. The minimum absolute atomic E-state index is 0.0410. The van der Waals surface area contributed by atoms with Crippen LogP contribution in [-0.4, -0.2) is 38.9 Å². The zero-order chi connectivity index (χ0) is 14.0. The first-order valence-electron chi connectivity index (χ1n) is 5.38. The zero-order valence-electron chi connectivity index (χ0n) is 10.0. The molecule has 0 aliphatic carbocycles. The highest BCUT2D eigenvalue weighted by molar-refractivity contribution is 7.85. The van der Waals surface area contributed by atoms with E-state index in [0.717, 1.165) is 6.26 Å². The molecule has 8 nitrogen and oxygen atoms in total. The van der Waals surface area contributed by atoms with E-state index in [1.165, 1.54) is 18.2 Å². The Bertz CT molecular complexity index is 600. The molecule has 0 fully saturated rings. The summed E-state index contributed by atoms with van der Waals surface area (Å²) in [5, 5.41) is 13.6. The number of nitrogens with zero attached hydrogens (tertiary/aromatic N) is 1. The van der Waals surface area contributed by atoms with E-state index in [-0.39, 0.29) is 12.3 Å². The first-order chi connectivity index (χ1) is 8.85. The highest BCUT2D eigenvalue weighted by Crippen LogP contribution is 2.32. The van der Waals surface area contributed by atoms with E-state index >= 15 is 0 Å². The minimum Gasteiger partial charge on any atom is -0.484 e. The third-order valence-corrected chi connectivity index (χ3v) is 3.02. The lowest BCUT2D eigenvalue weighted by atomic mass is 10.2. The van der Waals surface area contributed by atoms with Crippen molar-refractivity contribution in [1.82, 2.24) is 0 Å². The van der Waals surface area contributed by atoms with Gasteiger partial charge in [0.15, 0.2) is 0 Å². The molecular weight excluding hydrogens is 276 g/mol. The minimum atomic E-state index is -3.52. The Morgan fingerprint density at radius 1 is 1.58 bits per heavy atom. The van der Waals surface area contributed by atoms with E-state index in [9.17, 15) is 18.5 Å². The van der Waals surface area contributed by atoms with E-state index in [0.29, 0.717) is 18.0 Å². The largest absolute Gasteiger partial charge is 0.484 e. The predicted molar refractivity (Wildman–Crippen MR) is 66.8 cm³/mol. The topological polar surface area (TPSA) is 108 Å². The van der Waals surface area contributed by atoms with E-state index in [1.54, 1.807) is 0 Å². The molecule has 1 aliphatic rings. The van der Waals surface area contributed by atoms with Gasteiger partial charge in [-0.3, -0.25) is 14.3 Å². The van der Waals surface area contributed by atoms with Gasteiger partial charge in [0.2, 0.25) is 0 Å². The number of anilines is 1. The lowest BCUT2D eigenvalue weighted by Gasteiger charge is -2.26. The first-order valence-corrected chi connectivity index (χ1v) is 7.20. The van der Waals surface area contributed by atoms with Crippen molar-refractivity contribution in [2.75, 3.05) is 24.7 Å². The van der Waals surface area contributed by atoms with Gasteiger partial charge in [0.25, 0.3) is 15.8 Å². The lowest BCUT2D eigenvalue weighted by molar-refractivity contribution is -0.384. The summed E-state index contributed by atoms with van der Waals surface area (Å²) in [6.45, 7) is 0.200. The molecule has 104 valence electrons. The molecule has 1 aromatic rings. The molecule has 2 rings (SSSR count). The molecule has 1 N–H and O–H groups in total. The fraction of sp³-hybridized carbons (Fsp3) is 0.400. The van der Waals surface area contributed by atoms with Crippen LogP contribution in [0.4, 0.5) is 11.4 Å². The van der Waals surface area contributed by atoms with Crippen molar-refractivity contribution in [1.29, 1.82) is 0 Å². The van der Waals surface area contributed by atoms with Gasteiger partial charge in [0, 0.05) is 12.1 Å². The molecule has 1 aromatic carbocycles. The summed E-state index contributed by atoms with van der Waals surface area (Å²) in [5.74, 6) is 0.430. The van der Waals surface area contributed by atoms with Crippen LogP contribution in [0.3, 0.4) is 0 Å². The number of nitrogens with one attached hydrogen (secondary N) is 1. The molecule has 0 bridgehead atoms. The summed E-state index contributed by atoms with van der Waals surface area (Å²) in [5.41, 5.74) is 0.463. The quantitative estimate of drug-likeness (QED) is 0.494. The number of fused-ring (bicyclic) bond motifs is 1. The molecule has 0 saturated heterocycles. The summed E-state index contributed by atoms with van der Waals surface area (Å²) in [7, 11) is -3.52. The molecule has 0 spiro atoms. The van der Waals surface area contributed by atoms with Crippen LogP contribution < -0.4 is 10.1 Å². The van der Waals surface area contributed by atoms with Crippen molar-refractivity contribution < 1.29 is 22.3 Å². The van der Waals surface area contributed by atoms with Crippen molar-refractivity contribution in [3.8, 4) is 5.75 Å². The molecule has 1 heterocycles. The van der Waals surface area contributed by atoms with Crippen LogP contribution in [0.5, 0.6) is 5.75 Å². The molecule has 0 saturated carbocycles. The highest BCUT2D eigenvalue weighted by atomic mass is 32.2. The number of non-ortho nitro benzene ring substituents is 1. The Morgan fingerprint density at radius 2 is 2.32 bits per heavy atom. The third-order valence-electron chi connectivity index (χ3n) is 2.46. The first kappa shape index (κ1) is 13.6. The number of nitro benzene ring substituents is 1. The average molecular weight is 288 g/mol. The fourth-order valence-electron chi connectivity index (χ4n) is 1.61. The SMILES string of the molecule is CS(=O)(=O)OCC1CNc2cc([N+](=O)[O-])ccc2O1. The van der Waals surface area contributed by atoms with Gasteiger partial charge in [-0.05, 0) is 6.07 Å². The van der Waals surface area contributed by atoms with Crippen molar-refractivity contribution in [2.24, 2.45) is 0 Å². The molecule has 19 heavy (non-hydrogen) atoms. The van der Waals surface area contributed by atoms with E-state index in [1.807, 2.05) is 0 Å². The van der Waals surface area contributed by atoms with Crippen LogP contribution in [0.2, 0.25) is 0 Å². The second kappa shape index (κ2) is 5.02. The summed E-state index contributed by atoms with van der Waals surface area (Å²) < 4.78 is 31.9. The van der Waals surface area contributed by atoms with Gasteiger partial charge in [-0.25, -0.2) is 0 Å². The normalized spacial score (nSPS) is 18.1. The molecule has 0 aromatic heterocycles. The summed E-state index contributed by atoms with van der Waals surface area (Å²) in [6.07, 6.45) is 0.490. The Morgan fingerprint density at radius 3 is 2.95 bits per heavy atom. The summed E-state index contributed by atoms with van der Waals surface area (Å²) >= 11 is 0. The molecular formula is C10H12N2O6S. The maximum Gasteiger partial charge on any atom is 0.271 e. The van der Waals surface area contributed by atoms with Gasteiger partial charge in [0.05, 0.1) is 23.4 Å². The van der Waals surface area contributed by atoms with E-state index in [4.69, 9.17) is 4.74 Å². The van der Waals surface area contributed by atoms with Gasteiger partial charge in [0.1, 0.15) is 18.5 Å². The second-order valence-corrected chi connectivity index (χ2v) is 5.69. The summed E-state index contributed by atoms with van der Waals surface area (Å²) in [4.78, 5) is 10.1. The maximum absolute atomic E-state index is 10.9. The Kier molecular flexibility index (Phi) is 3.58. The Balaban J connectivity index is 2.06. The van der Waals surface area contributed by atoms with Crippen molar-refractivity contribution in [2.45, 2.75) is 6.10 Å². The zero-order valence-corrected chi connectivity index (χ0v) is 10.8. The molecule has 1 atom stereocenters. The highest BCUT2D eigenvalue weighted by Gasteiger charge is 2.22. The van der Waals surface area contributed by atoms with Gasteiger partial charge in [-0.2, -0.15) is 8.42 Å². The van der Waals surface area contributed by atoms with Crippen LogP contribution in [-0.2, 0) is 14.3 Å². The van der Waals surface area contributed by atoms with Crippen molar-refractivity contribution in [3.05, 3.63) is 28.3 Å². The number of rotatable bonds is 4. The number of nitro groups is 1. The lowest BCUT2D eigenvalue weighted by Crippen LogP contribution is -2.35.